The quantitative estimate of drug-likeness (QED) is 0.478. The van der Waals surface area contributed by atoms with Gasteiger partial charge in [0.2, 0.25) is 0 Å². The van der Waals surface area contributed by atoms with Crippen LogP contribution in [0.1, 0.15) is 10.5 Å². The van der Waals surface area contributed by atoms with Gasteiger partial charge in [0.25, 0.3) is 0 Å². The smallest absolute Gasteiger partial charge is 0.357 e. The summed E-state index contributed by atoms with van der Waals surface area (Å²) in [5, 5.41) is 0. The molecule has 0 amide bonds. The third-order valence-corrected chi connectivity index (χ3v) is 1.98. The Morgan fingerprint density at radius 1 is 1.62 bits per heavy atom. The van der Waals surface area contributed by atoms with E-state index >= 15 is 0 Å². The molecule has 0 aliphatic carbocycles. The Kier molecular flexibility index (Phi) is 3.80. The van der Waals surface area contributed by atoms with Crippen molar-refractivity contribution in [3.63, 3.8) is 0 Å². The van der Waals surface area contributed by atoms with Crippen LogP contribution in [0.2, 0.25) is 0 Å². The van der Waals surface area contributed by atoms with E-state index in [2.05, 4.69) is 41.6 Å². The van der Waals surface area contributed by atoms with Crippen molar-refractivity contribution < 1.29 is 13.9 Å². The van der Waals surface area contributed by atoms with E-state index in [1.54, 1.807) is 0 Å². The van der Waals surface area contributed by atoms with Gasteiger partial charge in [-0.1, -0.05) is 0 Å². The highest BCUT2D eigenvalue weighted by molar-refractivity contribution is 9.10. The number of aromatic nitrogens is 1. The number of esters is 1. The highest BCUT2D eigenvalue weighted by atomic mass is 79.9. The van der Waals surface area contributed by atoms with Gasteiger partial charge < -0.3 is 4.74 Å². The number of alkyl halides is 1. The molecule has 6 heteroatoms. The lowest BCUT2D eigenvalue weighted by atomic mass is 10.3. The van der Waals surface area contributed by atoms with Gasteiger partial charge in [0.05, 0.1) is 0 Å². The Bertz CT molecular complexity index is 332. The predicted molar refractivity (Wildman–Crippen MR) is 51.1 cm³/mol. The third kappa shape index (κ3) is 2.73. The van der Waals surface area contributed by atoms with Gasteiger partial charge in [-0.05, 0) is 44.0 Å². The highest BCUT2D eigenvalue weighted by Gasteiger charge is 2.10. The summed E-state index contributed by atoms with van der Waals surface area (Å²) in [4.78, 5) is 14.7. The Labute approximate surface area is 90.6 Å². The lowest BCUT2D eigenvalue weighted by molar-refractivity contribution is 0.0577. The molecule has 0 N–H and O–H groups in total. The first-order valence-electron chi connectivity index (χ1n) is 3.20. The summed E-state index contributed by atoms with van der Waals surface area (Å²) in [6, 6.07) is 2.40. The molecule has 1 aromatic heterocycles. The van der Waals surface area contributed by atoms with Crippen molar-refractivity contribution in [1.29, 1.82) is 0 Å². The first kappa shape index (κ1) is 10.6. The minimum absolute atomic E-state index is 0.00322. The maximum absolute atomic E-state index is 12.7. The SMILES string of the molecule is O=C(OCBr)c1ccc(F)c(Br)n1. The van der Waals surface area contributed by atoms with Gasteiger partial charge in [-0.2, -0.15) is 0 Å². The molecular weight excluding hydrogens is 309 g/mol. The first-order chi connectivity index (χ1) is 6.15. The summed E-state index contributed by atoms with van der Waals surface area (Å²) in [6.45, 7) is 0. The maximum Gasteiger partial charge on any atom is 0.357 e. The van der Waals surface area contributed by atoms with Gasteiger partial charge in [-0.25, -0.2) is 14.2 Å². The molecule has 70 valence electrons. The van der Waals surface area contributed by atoms with Crippen LogP contribution in [0.4, 0.5) is 4.39 Å². The predicted octanol–water partition coefficient (Wildman–Crippen LogP) is 2.49. The number of hydrogen-bond donors (Lipinski definition) is 0. The lowest BCUT2D eigenvalue weighted by Crippen LogP contribution is -2.06. The molecule has 1 aromatic rings. The van der Waals surface area contributed by atoms with Gasteiger partial charge >= 0.3 is 5.97 Å². The van der Waals surface area contributed by atoms with E-state index in [1.807, 2.05) is 0 Å². The molecule has 0 saturated carbocycles. The minimum Gasteiger partial charge on any atom is -0.449 e. The molecule has 0 atom stereocenters. The number of ether oxygens (including phenoxy) is 1. The number of rotatable bonds is 2. The van der Waals surface area contributed by atoms with Crippen LogP contribution in [0.25, 0.3) is 0 Å². The molecular formula is C7H4Br2FNO2. The van der Waals surface area contributed by atoms with E-state index in [4.69, 9.17) is 0 Å². The van der Waals surface area contributed by atoms with Crippen LogP contribution in [-0.4, -0.2) is 16.5 Å². The third-order valence-electron chi connectivity index (χ3n) is 1.20. The topological polar surface area (TPSA) is 39.2 Å². The summed E-state index contributed by atoms with van der Waals surface area (Å²) >= 11 is 5.78. The second-order valence-electron chi connectivity index (χ2n) is 2.01. The Hall–Kier alpha value is -0.490. The van der Waals surface area contributed by atoms with Gasteiger partial charge in [0.15, 0.2) is 5.82 Å². The zero-order valence-corrected chi connectivity index (χ0v) is 9.43. The molecule has 0 radical (unpaired) electrons. The zero-order chi connectivity index (χ0) is 9.84. The van der Waals surface area contributed by atoms with Gasteiger partial charge in [0.1, 0.15) is 15.8 Å². The molecule has 0 fully saturated rings. The standard InChI is InChI=1S/C7H4Br2FNO2/c8-3-13-7(12)5-2-1-4(10)6(9)11-5/h1-2H,3H2. The van der Waals surface area contributed by atoms with Crippen molar-refractivity contribution in [2.75, 3.05) is 5.52 Å². The largest absolute Gasteiger partial charge is 0.449 e. The van der Waals surface area contributed by atoms with E-state index in [0.717, 1.165) is 6.07 Å². The van der Waals surface area contributed by atoms with Gasteiger partial charge in [-0.3, -0.25) is 0 Å². The molecule has 0 saturated heterocycles. The fourth-order valence-electron chi connectivity index (χ4n) is 0.654. The van der Waals surface area contributed by atoms with E-state index in [-0.39, 0.29) is 15.8 Å². The monoisotopic (exact) mass is 311 g/mol. The number of carbonyl (C=O) groups is 1. The minimum atomic E-state index is -0.599. The molecule has 0 aliphatic rings. The van der Waals surface area contributed by atoms with Crippen LogP contribution in [0, 0.1) is 5.82 Å². The average molecular weight is 313 g/mol. The average Bonchev–Trinajstić information content (AvgIpc) is 2.10. The van der Waals surface area contributed by atoms with E-state index < -0.39 is 11.8 Å². The summed E-state index contributed by atoms with van der Waals surface area (Å²) in [6.07, 6.45) is 0. The van der Waals surface area contributed by atoms with Crippen molar-refractivity contribution in [1.82, 2.24) is 4.98 Å². The molecule has 0 aliphatic heterocycles. The second-order valence-corrected chi connectivity index (χ2v) is 3.22. The van der Waals surface area contributed by atoms with Crippen molar-refractivity contribution >= 4 is 37.8 Å². The van der Waals surface area contributed by atoms with Crippen LogP contribution in [0.3, 0.4) is 0 Å². The van der Waals surface area contributed by atoms with E-state index in [0.29, 0.717) is 0 Å². The molecule has 0 spiro atoms. The molecule has 0 unspecified atom stereocenters. The fraction of sp³-hybridized carbons (Fsp3) is 0.143. The Morgan fingerprint density at radius 3 is 2.85 bits per heavy atom. The number of pyridine rings is 1. The molecule has 3 nitrogen and oxygen atoms in total. The number of halogens is 3. The van der Waals surface area contributed by atoms with Gasteiger partial charge in [0, 0.05) is 0 Å². The number of nitrogens with zero attached hydrogens (tertiary/aromatic N) is 1. The van der Waals surface area contributed by atoms with Gasteiger partial charge in [-0.15, -0.1) is 0 Å². The summed E-state index contributed by atoms with van der Waals surface area (Å²) in [5.41, 5.74) is 0.149. The first-order valence-corrected chi connectivity index (χ1v) is 5.11. The fourth-order valence-corrected chi connectivity index (χ4v) is 1.19. The van der Waals surface area contributed by atoms with Crippen LogP contribution >= 0.6 is 31.9 Å². The Morgan fingerprint density at radius 2 is 2.31 bits per heavy atom. The maximum atomic E-state index is 12.7. The highest BCUT2D eigenvalue weighted by Crippen LogP contribution is 2.12. The molecule has 1 rings (SSSR count). The molecule has 1 heterocycles. The van der Waals surface area contributed by atoms with E-state index in [9.17, 15) is 9.18 Å². The summed E-state index contributed by atoms with van der Waals surface area (Å²) in [5.74, 6) is -1.12. The molecule has 13 heavy (non-hydrogen) atoms. The Balaban J connectivity index is 2.90. The zero-order valence-electron chi connectivity index (χ0n) is 6.26. The summed E-state index contributed by atoms with van der Waals surface area (Å²) < 4.78 is 17.3. The number of carbonyl (C=O) groups excluding carboxylic acids is 1. The van der Waals surface area contributed by atoms with Crippen molar-refractivity contribution in [3.05, 3.63) is 28.2 Å². The van der Waals surface area contributed by atoms with Crippen molar-refractivity contribution in [3.8, 4) is 0 Å². The normalized spacial score (nSPS) is 9.77. The van der Waals surface area contributed by atoms with Crippen molar-refractivity contribution in [2.45, 2.75) is 0 Å². The summed E-state index contributed by atoms with van der Waals surface area (Å²) in [7, 11) is 0. The van der Waals surface area contributed by atoms with E-state index in [1.165, 1.54) is 6.07 Å². The molecule has 0 aromatic carbocycles. The van der Waals surface area contributed by atoms with Crippen LogP contribution in [-0.2, 0) is 4.74 Å². The number of hydrogen-bond acceptors (Lipinski definition) is 3. The lowest BCUT2D eigenvalue weighted by Gasteiger charge is -2.00. The second kappa shape index (κ2) is 4.66. The molecule has 0 bridgehead atoms. The van der Waals surface area contributed by atoms with Crippen LogP contribution < -0.4 is 0 Å². The van der Waals surface area contributed by atoms with Crippen LogP contribution in [0.15, 0.2) is 16.7 Å². The van der Waals surface area contributed by atoms with Crippen molar-refractivity contribution in [2.24, 2.45) is 0 Å². The van der Waals surface area contributed by atoms with Crippen LogP contribution in [0.5, 0.6) is 0 Å².